The molecule has 2 saturated carbocycles. The summed E-state index contributed by atoms with van der Waals surface area (Å²) < 4.78 is 0. The highest BCUT2D eigenvalue weighted by Gasteiger charge is 2.41. The number of nitrogens with zero attached hydrogens (tertiary/aromatic N) is 1. The molecule has 0 bridgehead atoms. The average molecular weight is 439 g/mol. The van der Waals surface area contributed by atoms with Gasteiger partial charge in [-0.15, -0.1) is 0 Å². The Morgan fingerprint density at radius 3 is 2.59 bits per heavy atom. The molecular formula is C25H34N4O3. The van der Waals surface area contributed by atoms with Gasteiger partial charge < -0.3 is 16.0 Å². The lowest BCUT2D eigenvalue weighted by molar-refractivity contribution is -0.136. The molecule has 2 aliphatic carbocycles. The van der Waals surface area contributed by atoms with Crippen LogP contribution in [0, 0.1) is 11.8 Å². The van der Waals surface area contributed by atoms with Gasteiger partial charge in [-0.1, -0.05) is 18.9 Å². The summed E-state index contributed by atoms with van der Waals surface area (Å²) in [7, 11) is 0. The number of piperidine rings is 1. The molecule has 4 N–H and O–H groups in total. The van der Waals surface area contributed by atoms with Gasteiger partial charge in [0.05, 0.1) is 0 Å². The Hall–Kier alpha value is -2.41. The van der Waals surface area contributed by atoms with Crippen molar-refractivity contribution in [2.45, 2.75) is 88.9 Å². The number of hydrogen-bond donors (Lipinski definition) is 3. The van der Waals surface area contributed by atoms with Gasteiger partial charge in [0.1, 0.15) is 6.04 Å². The number of imide groups is 1. The second-order valence-electron chi connectivity index (χ2n) is 10.7. The van der Waals surface area contributed by atoms with E-state index in [-0.39, 0.29) is 29.7 Å². The van der Waals surface area contributed by atoms with Gasteiger partial charge in [0.2, 0.25) is 11.8 Å². The van der Waals surface area contributed by atoms with Crippen LogP contribution < -0.4 is 16.4 Å². The molecule has 5 rings (SSSR count). The number of fused-ring (bicyclic) bond motifs is 1. The van der Waals surface area contributed by atoms with Crippen molar-refractivity contribution in [2.75, 3.05) is 5.32 Å². The van der Waals surface area contributed by atoms with E-state index in [1.54, 1.807) is 4.90 Å². The summed E-state index contributed by atoms with van der Waals surface area (Å²) in [4.78, 5) is 38.7. The number of anilines is 1. The van der Waals surface area contributed by atoms with Crippen molar-refractivity contribution in [1.29, 1.82) is 0 Å². The smallest absolute Gasteiger partial charge is 0.255 e. The SMILES string of the molecule is CC1(N)CCC([C@H](CC2CC2)Nc2cccc3c2CN([C@H]2CCC(=O)NC2=O)C3=O)CC1. The quantitative estimate of drug-likeness (QED) is 0.593. The van der Waals surface area contributed by atoms with E-state index in [2.05, 4.69) is 23.6 Å². The first-order valence-electron chi connectivity index (χ1n) is 12.1. The van der Waals surface area contributed by atoms with E-state index in [0.29, 0.717) is 30.5 Å². The molecule has 3 amide bonds. The molecule has 3 fully saturated rings. The summed E-state index contributed by atoms with van der Waals surface area (Å²) >= 11 is 0. The lowest BCUT2D eigenvalue weighted by atomic mass is 9.74. The van der Waals surface area contributed by atoms with Crippen molar-refractivity contribution in [3.05, 3.63) is 29.3 Å². The highest BCUT2D eigenvalue weighted by Crippen LogP contribution is 2.41. The maximum Gasteiger partial charge on any atom is 0.255 e. The maximum absolute atomic E-state index is 13.1. The fraction of sp³-hybridized carbons (Fsp3) is 0.640. The second kappa shape index (κ2) is 8.18. The molecule has 0 spiro atoms. The van der Waals surface area contributed by atoms with Crippen LogP contribution in [0.4, 0.5) is 5.69 Å². The van der Waals surface area contributed by atoms with Gasteiger partial charge in [-0.3, -0.25) is 19.7 Å². The van der Waals surface area contributed by atoms with E-state index >= 15 is 0 Å². The van der Waals surface area contributed by atoms with Gasteiger partial charge >= 0.3 is 0 Å². The molecule has 1 aromatic rings. The van der Waals surface area contributed by atoms with Crippen molar-refractivity contribution >= 4 is 23.4 Å². The number of hydrogen-bond acceptors (Lipinski definition) is 5. The summed E-state index contributed by atoms with van der Waals surface area (Å²) in [6, 6.07) is 5.65. The Bertz CT molecular complexity index is 929. The van der Waals surface area contributed by atoms with Gasteiger partial charge in [0, 0.05) is 41.4 Å². The summed E-state index contributed by atoms with van der Waals surface area (Å²) in [5, 5.41) is 6.22. The molecule has 2 atom stereocenters. The van der Waals surface area contributed by atoms with Crippen LogP contribution in [0.5, 0.6) is 0 Å². The number of nitrogens with one attached hydrogen (secondary N) is 2. The van der Waals surface area contributed by atoms with Crippen LogP contribution in [0.25, 0.3) is 0 Å². The molecule has 7 heteroatoms. The Morgan fingerprint density at radius 1 is 1.16 bits per heavy atom. The fourth-order valence-electron chi connectivity index (χ4n) is 5.70. The number of carbonyl (C=O) groups excluding carboxylic acids is 3. The fourth-order valence-corrected chi connectivity index (χ4v) is 5.70. The predicted octanol–water partition coefficient (Wildman–Crippen LogP) is 2.94. The van der Waals surface area contributed by atoms with Crippen LogP contribution in [-0.4, -0.2) is 40.2 Å². The minimum absolute atomic E-state index is 0.0521. The monoisotopic (exact) mass is 438 g/mol. The molecular weight excluding hydrogens is 404 g/mol. The largest absolute Gasteiger partial charge is 0.382 e. The molecule has 1 saturated heterocycles. The lowest BCUT2D eigenvalue weighted by Crippen LogP contribution is -2.52. The number of rotatable bonds is 6. The number of amides is 3. The third-order valence-electron chi connectivity index (χ3n) is 7.95. The Morgan fingerprint density at radius 2 is 1.91 bits per heavy atom. The first kappa shape index (κ1) is 21.4. The standard InChI is InChI=1S/C25H34N4O3/c1-25(26)11-9-16(10-12-25)20(13-15-5-6-15)27-19-4-2-3-17-18(19)14-29(24(17)32)21-7-8-22(30)28-23(21)31/h2-4,15-16,20-21,27H,5-14,26H2,1H3,(H,28,30,31)/t16?,20-,21-,25?/m0/s1. The zero-order chi connectivity index (χ0) is 22.5. The molecule has 0 unspecified atom stereocenters. The molecule has 7 nitrogen and oxygen atoms in total. The van der Waals surface area contributed by atoms with Crippen LogP contribution in [0.15, 0.2) is 18.2 Å². The van der Waals surface area contributed by atoms with Crippen LogP contribution in [0.1, 0.15) is 80.6 Å². The number of benzene rings is 1. The third kappa shape index (κ3) is 4.27. The summed E-state index contributed by atoms with van der Waals surface area (Å²) in [5.41, 5.74) is 8.99. The van der Waals surface area contributed by atoms with Gasteiger partial charge in [-0.25, -0.2) is 0 Å². The molecule has 4 aliphatic rings. The highest BCUT2D eigenvalue weighted by molar-refractivity contribution is 6.06. The number of nitrogens with two attached hydrogens (primary N) is 1. The molecule has 0 radical (unpaired) electrons. The first-order chi connectivity index (χ1) is 15.3. The minimum Gasteiger partial charge on any atom is -0.382 e. The van der Waals surface area contributed by atoms with Crippen LogP contribution in [0.3, 0.4) is 0 Å². The van der Waals surface area contributed by atoms with Crippen LogP contribution in [0.2, 0.25) is 0 Å². The van der Waals surface area contributed by atoms with E-state index in [4.69, 9.17) is 5.73 Å². The van der Waals surface area contributed by atoms with Crippen LogP contribution in [-0.2, 0) is 16.1 Å². The number of carbonyl (C=O) groups is 3. The molecule has 32 heavy (non-hydrogen) atoms. The first-order valence-corrected chi connectivity index (χ1v) is 12.1. The van der Waals surface area contributed by atoms with E-state index in [0.717, 1.165) is 42.9 Å². The van der Waals surface area contributed by atoms with Crippen molar-refractivity contribution in [3.8, 4) is 0 Å². The molecule has 0 aromatic heterocycles. The van der Waals surface area contributed by atoms with Gasteiger partial charge in [0.25, 0.3) is 5.91 Å². The Kier molecular flexibility index (Phi) is 5.48. The third-order valence-corrected chi connectivity index (χ3v) is 7.95. The van der Waals surface area contributed by atoms with E-state index in [1.165, 1.54) is 19.3 Å². The molecule has 2 heterocycles. The maximum atomic E-state index is 13.1. The van der Waals surface area contributed by atoms with E-state index in [1.807, 2.05) is 12.1 Å². The zero-order valence-electron chi connectivity index (χ0n) is 18.9. The van der Waals surface area contributed by atoms with Gasteiger partial charge in [-0.2, -0.15) is 0 Å². The Labute approximate surface area is 189 Å². The van der Waals surface area contributed by atoms with Crippen molar-refractivity contribution in [3.63, 3.8) is 0 Å². The normalized spacial score (nSPS) is 31.3. The summed E-state index contributed by atoms with van der Waals surface area (Å²) in [6.07, 6.45) is 8.82. The summed E-state index contributed by atoms with van der Waals surface area (Å²) in [6.45, 7) is 2.57. The van der Waals surface area contributed by atoms with E-state index < -0.39 is 6.04 Å². The van der Waals surface area contributed by atoms with Crippen molar-refractivity contribution in [2.24, 2.45) is 17.6 Å². The van der Waals surface area contributed by atoms with Crippen LogP contribution >= 0.6 is 0 Å². The molecule has 2 aliphatic heterocycles. The lowest BCUT2D eigenvalue weighted by Gasteiger charge is -2.39. The van der Waals surface area contributed by atoms with Crippen molar-refractivity contribution < 1.29 is 14.4 Å². The van der Waals surface area contributed by atoms with Crippen molar-refractivity contribution in [1.82, 2.24) is 10.2 Å². The zero-order valence-corrected chi connectivity index (χ0v) is 18.9. The highest BCUT2D eigenvalue weighted by atomic mass is 16.2. The Balaban J connectivity index is 1.35. The minimum atomic E-state index is -0.580. The summed E-state index contributed by atoms with van der Waals surface area (Å²) in [5.74, 6) is 0.647. The topological polar surface area (TPSA) is 105 Å². The predicted molar refractivity (Wildman–Crippen MR) is 122 cm³/mol. The van der Waals surface area contributed by atoms with E-state index in [9.17, 15) is 14.4 Å². The average Bonchev–Trinajstić information content (AvgIpc) is 3.50. The second-order valence-corrected chi connectivity index (χ2v) is 10.7. The van der Waals surface area contributed by atoms with Gasteiger partial charge in [0.15, 0.2) is 0 Å². The molecule has 1 aromatic carbocycles. The van der Waals surface area contributed by atoms with Gasteiger partial charge in [-0.05, 0) is 69.4 Å². The molecule has 172 valence electrons.